The van der Waals surface area contributed by atoms with Gasteiger partial charge in [-0.3, -0.25) is 14.5 Å². The normalized spacial score (nSPS) is 20.3. The van der Waals surface area contributed by atoms with Crippen LogP contribution < -0.4 is 10.6 Å². The molecule has 31 heavy (non-hydrogen) atoms. The van der Waals surface area contributed by atoms with Gasteiger partial charge in [-0.2, -0.15) is 0 Å². The molecule has 0 aliphatic carbocycles. The summed E-state index contributed by atoms with van der Waals surface area (Å²) in [5.41, 5.74) is 2.00. The van der Waals surface area contributed by atoms with Crippen molar-refractivity contribution in [1.29, 1.82) is 0 Å². The number of amides is 2. The highest BCUT2D eigenvalue weighted by atomic mass is 35.5. The van der Waals surface area contributed by atoms with E-state index in [4.69, 9.17) is 11.6 Å². The molecule has 0 spiro atoms. The van der Waals surface area contributed by atoms with E-state index in [0.717, 1.165) is 23.5 Å². The van der Waals surface area contributed by atoms with Crippen molar-refractivity contribution in [3.63, 3.8) is 0 Å². The number of piperidine rings is 1. The van der Waals surface area contributed by atoms with Crippen molar-refractivity contribution in [2.24, 2.45) is 0 Å². The lowest BCUT2D eigenvalue weighted by Gasteiger charge is -2.33. The third kappa shape index (κ3) is 5.32. The van der Waals surface area contributed by atoms with Gasteiger partial charge in [0.1, 0.15) is 0 Å². The van der Waals surface area contributed by atoms with Gasteiger partial charge in [-0.25, -0.2) is 0 Å². The summed E-state index contributed by atoms with van der Waals surface area (Å²) in [6, 6.07) is 13.4. The number of hydrogen-bond acceptors (Lipinski definition) is 4. The first-order chi connectivity index (χ1) is 15.0. The largest absolute Gasteiger partial charge is 0.351 e. The lowest BCUT2D eigenvalue weighted by molar-refractivity contribution is -0.112. The van der Waals surface area contributed by atoms with Crippen molar-refractivity contribution in [2.75, 3.05) is 25.0 Å². The lowest BCUT2D eigenvalue weighted by Crippen LogP contribution is -2.42. The lowest BCUT2D eigenvalue weighted by atomic mass is 10.0. The molecule has 162 valence electrons. The van der Waals surface area contributed by atoms with Gasteiger partial charge in [0.05, 0.1) is 10.6 Å². The van der Waals surface area contributed by atoms with E-state index >= 15 is 0 Å². The molecule has 1 saturated heterocycles. The zero-order valence-electron chi connectivity index (χ0n) is 17.5. The van der Waals surface area contributed by atoms with Crippen molar-refractivity contribution in [3.05, 3.63) is 63.5 Å². The van der Waals surface area contributed by atoms with Gasteiger partial charge in [0.2, 0.25) is 0 Å². The van der Waals surface area contributed by atoms with E-state index in [2.05, 4.69) is 22.5 Å². The highest BCUT2D eigenvalue weighted by molar-refractivity contribution is 8.04. The maximum atomic E-state index is 12.6. The zero-order chi connectivity index (χ0) is 21.8. The van der Waals surface area contributed by atoms with E-state index < -0.39 is 0 Å². The van der Waals surface area contributed by atoms with Crippen LogP contribution in [0.5, 0.6) is 0 Å². The number of nitrogens with one attached hydrogen (secondary N) is 2. The molecule has 1 unspecified atom stereocenters. The standard InChI is InChI=1S/C24H26ClN3O2S/c1-16-6-4-5-12-28(16)13-11-26-23(29)18-9-10-21-20(14-18)27-24(30)22(31-21)15-17-7-2-3-8-19(17)25/h2-3,7-10,14-16H,4-6,11-13H2,1H3,(H,26,29)(H,27,30). The monoisotopic (exact) mass is 455 g/mol. The zero-order valence-corrected chi connectivity index (χ0v) is 19.1. The van der Waals surface area contributed by atoms with Crippen LogP contribution in [0.15, 0.2) is 52.3 Å². The summed E-state index contributed by atoms with van der Waals surface area (Å²) in [6.07, 6.45) is 5.53. The first-order valence-corrected chi connectivity index (χ1v) is 11.8. The van der Waals surface area contributed by atoms with E-state index in [-0.39, 0.29) is 11.8 Å². The number of thioether (sulfide) groups is 1. The number of likely N-dealkylation sites (tertiary alicyclic amines) is 1. The number of carbonyl (C=O) groups is 2. The van der Waals surface area contributed by atoms with Gasteiger partial charge in [-0.1, -0.05) is 48.0 Å². The third-order valence-corrected chi connectivity index (χ3v) is 7.19. The van der Waals surface area contributed by atoms with Crippen LogP contribution in [0.1, 0.15) is 42.1 Å². The Morgan fingerprint density at radius 2 is 2.13 bits per heavy atom. The Bertz CT molecular complexity index is 1020. The van der Waals surface area contributed by atoms with Gasteiger partial charge in [-0.15, -0.1) is 0 Å². The second-order valence-electron chi connectivity index (χ2n) is 7.93. The van der Waals surface area contributed by atoms with Gasteiger partial charge in [0.15, 0.2) is 0 Å². The minimum atomic E-state index is -0.200. The number of anilines is 1. The van der Waals surface area contributed by atoms with Gasteiger partial charge in [0.25, 0.3) is 11.8 Å². The number of fused-ring (bicyclic) bond motifs is 1. The van der Waals surface area contributed by atoms with E-state index in [1.165, 1.54) is 31.0 Å². The van der Waals surface area contributed by atoms with Crippen LogP contribution in [0.25, 0.3) is 6.08 Å². The number of carbonyl (C=O) groups excluding carboxylic acids is 2. The molecule has 2 aliphatic heterocycles. The Morgan fingerprint density at radius 3 is 2.94 bits per heavy atom. The molecule has 2 N–H and O–H groups in total. The summed E-state index contributed by atoms with van der Waals surface area (Å²) in [5.74, 6) is -0.321. The maximum Gasteiger partial charge on any atom is 0.262 e. The molecular weight excluding hydrogens is 430 g/mol. The maximum absolute atomic E-state index is 12.6. The molecular formula is C24H26ClN3O2S. The molecule has 1 atom stereocenters. The number of halogens is 1. The van der Waals surface area contributed by atoms with Gasteiger partial charge < -0.3 is 10.6 Å². The van der Waals surface area contributed by atoms with Crippen LogP contribution in [0.3, 0.4) is 0 Å². The van der Waals surface area contributed by atoms with Crippen LogP contribution >= 0.6 is 23.4 Å². The molecule has 0 aromatic heterocycles. The molecule has 7 heteroatoms. The predicted molar refractivity (Wildman–Crippen MR) is 128 cm³/mol. The molecule has 2 aromatic rings. The average molecular weight is 456 g/mol. The molecule has 0 radical (unpaired) electrons. The Morgan fingerprint density at radius 1 is 1.29 bits per heavy atom. The topological polar surface area (TPSA) is 61.4 Å². The van der Waals surface area contributed by atoms with Crippen LogP contribution in [0, 0.1) is 0 Å². The summed E-state index contributed by atoms with van der Waals surface area (Å²) < 4.78 is 0. The number of benzene rings is 2. The summed E-state index contributed by atoms with van der Waals surface area (Å²) in [5, 5.41) is 6.50. The smallest absolute Gasteiger partial charge is 0.262 e. The van der Waals surface area contributed by atoms with Gasteiger partial charge in [0, 0.05) is 34.6 Å². The van der Waals surface area contributed by atoms with E-state index in [1.807, 2.05) is 24.3 Å². The average Bonchev–Trinajstić information content (AvgIpc) is 2.76. The molecule has 2 amide bonds. The summed E-state index contributed by atoms with van der Waals surface area (Å²) in [4.78, 5) is 29.1. The Labute approximate surface area is 192 Å². The number of nitrogens with zero attached hydrogens (tertiary/aromatic N) is 1. The van der Waals surface area contributed by atoms with Gasteiger partial charge in [-0.05, 0) is 62.2 Å². The highest BCUT2D eigenvalue weighted by Gasteiger charge is 2.23. The fraction of sp³-hybridized carbons (Fsp3) is 0.333. The Balaban J connectivity index is 1.40. The molecule has 1 fully saturated rings. The summed E-state index contributed by atoms with van der Waals surface area (Å²) >= 11 is 7.59. The molecule has 2 heterocycles. The minimum Gasteiger partial charge on any atom is -0.351 e. The first-order valence-electron chi connectivity index (χ1n) is 10.6. The molecule has 0 bridgehead atoms. The van der Waals surface area contributed by atoms with Crippen molar-refractivity contribution < 1.29 is 9.59 Å². The van der Waals surface area contributed by atoms with E-state index in [1.54, 1.807) is 24.3 Å². The molecule has 2 aromatic carbocycles. The molecule has 2 aliphatic rings. The fourth-order valence-corrected chi connectivity index (χ4v) is 5.05. The van der Waals surface area contributed by atoms with Crippen molar-refractivity contribution in [2.45, 2.75) is 37.1 Å². The van der Waals surface area contributed by atoms with Crippen molar-refractivity contribution in [3.8, 4) is 0 Å². The van der Waals surface area contributed by atoms with Crippen LogP contribution in [0.2, 0.25) is 5.02 Å². The Hall–Kier alpha value is -2.28. The summed E-state index contributed by atoms with van der Waals surface area (Å²) in [6.45, 7) is 4.83. The second-order valence-corrected chi connectivity index (χ2v) is 9.42. The third-order valence-electron chi connectivity index (χ3n) is 5.75. The van der Waals surface area contributed by atoms with Crippen LogP contribution in [0.4, 0.5) is 5.69 Å². The Kier molecular flexibility index (Phi) is 7.00. The van der Waals surface area contributed by atoms with Crippen LogP contribution in [-0.4, -0.2) is 42.4 Å². The molecule has 0 saturated carbocycles. The fourth-order valence-electron chi connectivity index (χ4n) is 3.94. The van der Waals surface area contributed by atoms with E-state index in [0.29, 0.717) is 33.8 Å². The minimum absolute atomic E-state index is 0.121. The van der Waals surface area contributed by atoms with Crippen molar-refractivity contribution >= 4 is 46.9 Å². The first kappa shape index (κ1) is 21.9. The quantitative estimate of drug-likeness (QED) is 0.621. The highest BCUT2D eigenvalue weighted by Crippen LogP contribution is 2.39. The molecule has 4 rings (SSSR count). The second kappa shape index (κ2) is 9.90. The number of rotatable bonds is 5. The number of hydrogen-bond donors (Lipinski definition) is 2. The molecule has 5 nitrogen and oxygen atoms in total. The van der Waals surface area contributed by atoms with Gasteiger partial charge >= 0.3 is 0 Å². The van der Waals surface area contributed by atoms with Crippen LogP contribution in [-0.2, 0) is 4.79 Å². The van der Waals surface area contributed by atoms with Crippen molar-refractivity contribution in [1.82, 2.24) is 10.2 Å². The predicted octanol–water partition coefficient (Wildman–Crippen LogP) is 5.03. The SMILES string of the molecule is CC1CCCCN1CCNC(=O)c1ccc2c(c1)NC(=O)C(=Cc1ccccc1Cl)S2. The summed E-state index contributed by atoms with van der Waals surface area (Å²) in [7, 11) is 0. The van der Waals surface area contributed by atoms with E-state index in [9.17, 15) is 9.59 Å².